The van der Waals surface area contributed by atoms with Crippen molar-refractivity contribution in [2.45, 2.75) is 40.0 Å². The molecule has 3 rings (SSSR count). The van der Waals surface area contributed by atoms with Gasteiger partial charge in [-0.3, -0.25) is 4.40 Å². The van der Waals surface area contributed by atoms with Crippen LogP contribution in [0.1, 0.15) is 39.3 Å². The third-order valence-corrected chi connectivity index (χ3v) is 4.19. The number of aromatic nitrogens is 4. The van der Waals surface area contributed by atoms with Gasteiger partial charge in [-0.05, 0) is 24.7 Å². The van der Waals surface area contributed by atoms with Crippen molar-refractivity contribution in [2.75, 3.05) is 25.1 Å². The van der Waals surface area contributed by atoms with Crippen LogP contribution >= 0.6 is 0 Å². The van der Waals surface area contributed by atoms with Crippen LogP contribution in [-0.4, -0.2) is 39.8 Å². The molecule has 0 N–H and O–H groups in total. The summed E-state index contributed by atoms with van der Waals surface area (Å²) in [6, 6.07) is 0. The van der Waals surface area contributed by atoms with Gasteiger partial charge in [-0.2, -0.15) is 0 Å². The molecule has 2 aromatic rings. The molecule has 6 heteroatoms. The third kappa shape index (κ3) is 2.43. The minimum absolute atomic E-state index is 0.313. The fourth-order valence-corrected chi connectivity index (χ4v) is 3.12. The summed E-state index contributed by atoms with van der Waals surface area (Å²) in [6.45, 7) is 8.77. The van der Waals surface area contributed by atoms with E-state index in [9.17, 15) is 0 Å². The maximum absolute atomic E-state index is 5.32. The SMILES string of the molecule is CCc1cnc(OC)c2nnc(N3CCCC(C)(C)C3)n12. The molecule has 0 saturated carbocycles. The predicted molar refractivity (Wildman–Crippen MR) is 81.9 cm³/mol. The molecule has 21 heavy (non-hydrogen) atoms. The van der Waals surface area contributed by atoms with Crippen molar-refractivity contribution >= 4 is 11.6 Å². The van der Waals surface area contributed by atoms with Crippen molar-refractivity contribution in [3.05, 3.63) is 11.9 Å². The van der Waals surface area contributed by atoms with E-state index in [0.717, 1.165) is 31.2 Å². The third-order valence-electron chi connectivity index (χ3n) is 4.19. The molecule has 0 amide bonds. The zero-order valence-corrected chi connectivity index (χ0v) is 13.3. The summed E-state index contributed by atoms with van der Waals surface area (Å²) in [6.07, 6.45) is 5.18. The highest BCUT2D eigenvalue weighted by molar-refractivity contribution is 5.55. The second kappa shape index (κ2) is 5.16. The minimum Gasteiger partial charge on any atom is -0.478 e. The average Bonchev–Trinajstić information content (AvgIpc) is 2.90. The molecule has 0 spiro atoms. The van der Waals surface area contributed by atoms with Gasteiger partial charge in [-0.15, -0.1) is 10.2 Å². The summed E-state index contributed by atoms with van der Waals surface area (Å²) < 4.78 is 7.41. The normalized spacial score (nSPS) is 18.2. The largest absolute Gasteiger partial charge is 0.478 e. The van der Waals surface area contributed by atoms with E-state index >= 15 is 0 Å². The molecule has 1 aliphatic rings. The Balaban J connectivity index is 2.10. The molecule has 1 fully saturated rings. The van der Waals surface area contributed by atoms with Gasteiger partial charge in [0.05, 0.1) is 13.3 Å². The van der Waals surface area contributed by atoms with Gasteiger partial charge in [0.2, 0.25) is 11.6 Å². The van der Waals surface area contributed by atoms with E-state index in [1.807, 2.05) is 6.20 Å². The summed E-state index contributed by atoms with van der Waals surface area (Å²) >= 11 is 0. The number of hydrogen-bond donors (Lipinski definition) is 0. The van der Waals surface area contributed by atoms with Crippen LogP contribution in [0.4, 0.5) is 5.95 Å². The zero-order valence-electron chi connectivity index (χ0n) is 13.3. The molecule has 0 aromatic carbocycles. The molecule has 1 saturated heterocycles. The molecule has 0 bridgehead atoms. The number of rotatable bonds is 3. The number of methoxy groups -OCH3 is 1. The van der Waals surface area contributed by atoms with E-state index in [-0.39, 0.29) is 0 Å². The summed E-state index contributed by atoms with van der Waals surface area (Å²) in [4.78, 5) is 6.65. The lowest BCUT2D eigenvalue weighted by Gasteiger charge is -2.38. The quantitative estimate of drug-likeness (QED) is 0.868. The summed E-state index contributed by atoms with van der Waals surface area (Å²) in [5.41, 5.74) is 2.12. The first-order valence-corrected chi connectivity index (χ1v) is 7.57. The monoisotopic (exact) mass is 289 g/mol. The van der Waals surface area contributed by atoms with Gasteiger partial charge in [0.15, 0.2) is 0 Å². The van der Waals surface area contributed by atoms with Gasteiger partial charge < -0.3 is 9.64 Å². The van der Waals surface area contributed by atoms with Crippen molar-refractivity contribution in [2.24, 2.45) is 5.41 Å². The van der Waals surface area contributed by atoms with Gasteiger partial charge >= 0.3 is 0 Å². The first-order chi connectivity index (χ1) is 10.1. The first kappa shape index (κ1) is 14.1. The fourth-order valence-electron chi connectivity index (χ4n) is 3.12. The Kier molecular flexibility index (Phi) is 3.47. The lowest BCUT2D eigenvalue weighted by atomic mass is 9.84. The number of piperidine rings is 1. The zero-order chi connectivity index (χ0) is 15.0. The van der Waals surface area contributed by atoms with E-state index in [0.29, 0.717) is 16.9 Å². The number of anilines is 1. The highest BCUT2D eigenvalue weighted by Crippen LogP contribution is 2.32. The molecular formula is C15H23N5O. The van der Waals surface area contributed by atoms with Crippen LogP contribution in [0, 0.1) is 5.41 Å². The molecular weight excluding hydrogens is 266 g/mol. The number of hydrogen-bond acceptors (Lipinski definition) is 5. The van der Waals surface area contributed by atoms with Crippen LogP contribution < -0.4 is 9.64 Å². The second-order valence-corrected chi connectivity index (χ2v) is 6.46. The maximum atomic E-state index is 5.32. The molecule has 6 nitrogen and oxygen atoms in total. The van der Waals surface area contributed by atoms with Gasteiger partial charge in [0.25, 0.3) is 5.88 Å². The van der Waals surface area contributed by atoms with Crippen LogP contribution in [0.3, 0.4) is 0 Å². The van der Waals surface area contributed by atoms with Gasteiger partial charge in [-0.25, -0.2) is 4.98 Å². The van der Waals surface area contributed by atoms with Crippen LogP contribution in [0.2, 0.25) is 0 Å². The summed E-state index contributed by atoms with van der Waals surface area (Å²) in [5, 5.41) is 8.73. The Bertz CT molecular complexity index is 649. The topological polar surface area (TPSA) is 55.6 Å². The number of ether oxygens (including phenoxy) is 1. The van der Waals surface area contributed by atoms with Crippen molar-refractivity contribution in [3.8, 4) is 5.88 Å². The van der Waals surface area contributed by atoms with Crippen molar-refractivity contribution < 1.29 is 4.74 Å². The van der Waals surface area contributed by atoms with E-state index in [1.54, 1.807) is 7.11 Å². The van der Waals surface area contributed by atoms with E-state index < -0.39 is 0 Å². The molecule has 0 atom stereocenters. The van der Waals surface area contributed by atoms with Crippen LogP contribution in [0.25, 0.3) is 5.65 Å². The average molecular weight is 289 g/mol. The van der Waals surface area contributed by atoms with Crippen molar-refractivity contribution in [1.82, 2.24) is 19.6 Å². The van der Waals surface area contributed by atoms with Gasteiger partial charge in [-0.1, -0.05) is 20.8 Å². The number of aryl methyl sites for hydroxylation is 1. The summed E-state index contributed by atoms with van der Waals surface area (Å²) in [5.74, 6) is 1.44. The smallest absolute Gasteiger partial charge is 0.260 e. The predicted octanol–water partition coefficient (Wildman–Crippen LogP) is 2.32. The highest BCUT2D eigenvalue weighted by Gasteiger charge is 2.29. The maximum Gasteiger partial charge on any atom is 0.260 e. The van der Waals surface area contributed by atoms with Crippen LogP contribution in [-0.2, 0) is 6.42 Å². The Morgan fingerprint density at radius 3 is 2.81 bits per heavy atom. The number of nitrogens with zero attached hydrogens (tertiary/aromatic N) is 5. The standard InChI is InChI=1S/C15H23N5O/c1-5-11-9-16-13(21-4)12-17-18-14(20(11)12)19-8-6-7-15(2,3)10-19/h9H,5-8,10H2,1-4H3. The molecule has 114 valence electrons. The Morgan fingerprint density at radius 1 is 1.33 bits per heavy atom. The second-order valence-electron chi connectivity index (χ2n) is 6.46. The van der Waals surface area contributed by atoms with Gasteiger partial charge in [0, 0.05) is 18.8 Å². The molecule has 2 aromatic heterocycles. The van der Waals surface area contributed by atoms with Crippen LogP contribution in [0.5, 0.6) is 5.88 Å². The Hall–Kier alpha value is -1.85. The molecule has 0 unspecified atom stereocenters. The fraction of sp³-hybridized carbons (Fsp3) is 0.667. The van der Waals surface area contributed by atoms with Crippen molar-refractivity contribution in [3.63, 3.8) is 0 Å². The molecule has 0 aliphatic carbocycles. The van der Waals surface area contributed by atoms with E-state index in [2.05, 4.69) is 45.3 Å². The van der Waals surface area contributed by atoms with E-state index in [1.165, 1.54) is 12.8 Å². The van der Waals surface area contributed by atoms with E-state index in [4.69, 9.17) is 4.74 Å². The Labute approximate surface area is 125 Å². The minimum atomic E-state index is 0.313. The van der Waals surface area contributed by atoms with Crippen molar-refractivity contribution in [1.29, 1.82) is 0 Å². The molecule has 3 heterocycles. The lowest BCUT2D eigenvalue weighted by molar-refractivity contribution is 0.290. The number of fused-ring (bicyclic) bond motifs is 1. The summed E-state index contributed by atoms with van der Waals surface area (Å²) in [7, 11) is 1.62. The van der Waals surface area contributed by atoms with Gasteiger partial charge in [0.1, 0.15) is 0 Å². The first-order valence-electron chi connectivity index (χ1n) is 7.57. The lowest BCUT2D eigenvalue weighted by Crippen LogP contribution is -2.41. The molecule has 1 aliphatic heterocycles. The molecule has 0 radical (unpaired) electrons. The van der Waals surface area contributed by atoms with Crippen LogP contribution in [0.15, 0.2) is 6.20 Å². The Morgan fingerprint density at radius 2 is 2.14 bits per heavy atom. The highest BCUT2D eigenvalue weighted by atomic mass is 16.5.